The third-order valence-corrected chi connectivity index (χ3v) is 10.1. The van der Waals surface area contributed by atoms with Crippen LogP contribution in [0.1, 0.15) is 44.0 Å². The van der Waals surface area contributed by atoms with Crippen molar-refractivity contribution in [1.82, 2.24) is 15.0 Å². The van der Waals surface area contributed by atoms with Gasteiger partial charge in [-0.3, -0.25) is 0 Å². The summed E-state index contributed by atoms with van der Waals surface area (Å²) >= 11 is 0. The number of carboxylic acid groups (broad SMARTS) is 1. The third-order valence-electron chi connectivity index (χ3n) is 10.1. The number of benzene rings is 1. The van der Waals surface area contributed by atoms with Gasteiger partial charge in [0.25, 0.3) is 6.43 Å². The maximum Gasteiger partial charge on any atom is 0.326 e. The van der Waals surface area contributed by atoms with Crippen LogP contribution in [-0.4, -0.2) is 107 Å². The topological polar surface area (TPSA) is 153 Å². The number of para-hydroxylation sites is 1. The lowest BCUT2D eigenvalue weighted by Crippen LogP contribution is -2.68. The highest BCUT2D eigenvalue weighted by Gasteiger charge is 2.50. The van der Waals surface area contributed by atoms with Gasteiger partial charge in [0.05, 0.1) is 45.6 Å². The van der Waals surface area contributed by atoms with Gasteiger partial charge in [-0.15, -0.1) is 0 Å². The predicted molar refractivity (Wildman–Crippen MR) is 174 cm³/mol. The molecule has 15 heteroatoms. The lowest BCUT2D eigenvalue weighted by Gasteiger charge is -2.53. The van der Waals surface area contributed by atoms with Crippen molar-refractivity contribution < 1.29 is 47.2 Å². The third kappa shape index (κ3) is 5.75. The fourth-order valence-electron chi connectivity index (χ4n) is 7.12. The van der Waals surface area contributed by atoms with E-state index in [-0.39, 0.29) is 41.8 Å². The van der Waals surface area contributed by atoms with Gasteiger partial charge in [0.1, 0.15) is 40.1 Å². The number of ether oxygens (including phenoxy) is 4. The molecule has 50 heavy (non-hydrogen) atoms. The van der Waals surface area contributed by atoms with Gasteiger partial charge in [0.15, 0.2) is 17.2 Å². The Bertz CT molecular complexity index is 2000. The number of carbonyl (C=O) groups is 1. The molecule has 4 aliphatic rings. The Balaban J connectivity index is 1.15. The number of nitrogens with zero attached hydrogens (tertiary/aromatic N) is 5. The Morgan fingerprint density at radius 2 is 1.92 bits per heavy atom. The molecule has 0 amide bonds. The van der Waals surface area contributed by atoms with E-state index in [1.54, 1.807) is 30.5 Å². The zero-order chi connectivity index (χ0) is 34.6. The number of rotatable bonds is 6. The van der Waals surface area contributed by atoms with E-state index in [9.17, 15) is 23.8 Å². The van der Waals surface area contributed by atoms with Crippen LogP contribution >= 0.6 is 0 Å². The molecule has 3 atom stereocenters. The fourth-order valence-corrected chi connectivity index (χ4v) is 7.12. The van der Waals surface area contributed by atoms with Gasteiger partial charge >= 0.3 is 5.97 Å². The molecule has 2 N–H and O–H groups in total. The summed E-state index contributed by atoms with van der Waals surface area (Å²) in [6.07, 6.45) is -1.34. The summed E-state index contributed by atoms with van der Waals surface area (Å²) in [6.45, 7) is 4.73. The summed E-state index contributed by atoms with van der Waals surface area (Å²) in [5.74, 6) is 4.40. The number of pyridine rings is 1. The van der Waals surface area contributed by atoms with E-state index < -0.39 is 41.6 Å². The van der Waals surface area contributed by atoms with Gasteiger partial charge in [-0.2, -0.15) is 0 Å². The highest BCUT2D eigenvalue weighted by molar-refractivity contribution is 6.06. The first kappa shape index (κ1) is 32.6. The number of carboxylic acids is 1. The van der Waals surface area contributed by atoms with Gasteiger partial charge < -0.3 is 43.4 Å². The molecule has 4 saturated heterocycles. The molecule has 0 radical (unpaired) electrons. The molecule has 262 valence electrons. The molecular formula is C35H35F2N5O8. The fraction of sp³-hybridized carbons (Fsp3) is 0.486. The van der Waals surface area contributed by atoms with E-state index in [1.807, 2.05) is 13.0 Å². The molecule has 3 aromatic heterocycles. The molecule has 7 heterocycles. The van der Waals surface area contributed by atoms with Crippen molar-refractivity contribution in [3.8, 4) is 17.7 Å². The van der Waals surface area contributed by atoms with Crippen LogP contribution < -0.4 is 14.5 Å². The smallest absolute Gasteiger partial charge is 0.326 e. The van der Waals surface area contributed by atoms with Crippen LogP contribution in [0.5, 0.6) is 5.88 Å². The van der Waals surface area contributed by atoms with Crippen LogP contribution in [0.4, 0.5) is 20.3 Å². The molecule has 4 fully saturated rings. The summed E-state index contributed by atoms with van der Waals surface area (Å²) in [5.41, 5.74) is 0.238. The summed E-state index contributed by atoms with van der Waals surface area (Å²) < 4.78 is 57.7. The first-order chi connectivity index (χ1) is 24.1. The lowest BCUT2D eigenvalue weighted by atomic mass is 9.90. The molecule has 4 aromatic rings. The molecular weight excluding hydrogens is 656 g/mol. The molecule has 1 aromatic carbocycles. The number of furan rings is 1. The van der Waals surface area contributed by atoms with Crippen LogP contribution in [0.15, 0.2) is 40.9 Å². The second kappa shape index (κ2) is 12.6. The van der Waals surface area contributed by atoms with Crippen LogP contribution in [0.3, 0.4) is 0 Å². The first-order valence-electron chi connectivity index (χ1n) is 16.6. The molecule has 0 unspecified atom stereocenters. The minimum atomic E-state index is -3.00. The maximum atomic E-state index is 14.1. The average Bonchev–Trinajstić information content (AvgIpc) is 3.69. The molecule has 0 aliphatic carbocycles. The van der Waals surface area contributed by atoms with Crippen molar-refractivity contribution in [3.63, 3.8) is 0 Å². The van der Waals surface area contributed by atoms with Gasteiger partial charge in [-0.25, -0.2) is 28.5 Å². The van der Waals surface area contributed by atoms with E-state index in [0.29, 0.717) is 74.6 Å². The van der Waals surface area contributed by atoms with Crippen LogP contribution in [0, 0.1) is 11.8 Å². The minimum Gasteiger partial charge on any atom is -0.480 e. The number of anilines is 2. The van der Waals surface area contributed by atoms with E-state index >= 15 is 0 Å². The molecule has 0 bridgehead atoms. The van der Waals surface area contributed by atoms with Crippen molar-refractivity contribution in [2.45, 2.75) is 62.0 Å². The number of halogens is 2. The zero-order valence-electron chi connectivity index (χ0n) is 27.2. The Kier molecular flexibility index (Phi) is 8.22. The summed E-state index contributed by atoms with van der Waals surface area (Å²) in [5, 5.41) is 21.8. The number of fused-ring (bicyclic) bond motifs is 3. The number of aliphatic hydroxyl groups is 1. The van der Waals surface area contributed by atoms with Gasteiger partial charge in [-0.1, -0.05) is 24.0 Å². The molecule has 8 rings (SSSR count). The Hall–Kier alpha value is -4.62. The highest BCUT2D eigenvalue weighted by atomic mass is 19.3. The van der Waals surface area contributed by atoms with Crippen LogP contribution in [0.25, 0.3) is 22.1 Å². The number of morpholine rings is 1. The highest BCUT2D eigenvalue weighted by Crippen LogP contribution is 2.41. The van der Waals surface area contributed by atoms with Crippen LogP contribution in [0.2, 0.25) is 0 Å². The standard InChI is InChI=1S/C35H35F2N5O8/c1-20-35(18-47-19-35)48-13-10-41(20)24-14-21(6-7-34(45)8-11-46-12-9-34)16-38-32(24)49-22-15-25(33(43)44)42(17-22)31-28-27(39-30(40-31)29(36)37)23-4-2-3-5-26(23)50-28/h2-5,14,16,20,22,25,29,45H,8-13,15,17-19H2,1H3,(H,43,44)/t20-,22-,25-/m0/s1. The largest absolute Gasteiger partial charge is 0.480 e. The molecule has 13 nitrogen and oxygen atoms in total. The Morgan fingerprint density at radius 1 is 1.12 bits per heavy atom. The normalized spacial score (nSPS) is 24.4. The van der Waals surface area contributed by atoms with Crippen molar-refractivity contribution >= 4 is 39.5 Å². The van der Waals surface area contributed by atoms with E-state index in [1.165, 1.54) is 4.90 Å². The monoisotopic (exact) mass is 691 g/mol. The molecule has 4 aliphatic heterocycles. The van der Waals surface area contributed by atoms with Crippen LogP contribution in [-0.2, 0) is 19.0 Å². The van der Waals surface area contributed by atoms with Gasteiger partial charge in [0.2, 0.25) is 5.88 Å². The second-order valence-corrected chi connectivity index (χ2v) is 13.2. The number of aliphatic carboxylic acids is 1. The Labute approximate surface area is 285 Å². The first-order valence-corrected chi connectivity index (χ1v) is 16.6. The van der Waals surface area contributed by atoms with Gasteiger partial charge in [0, 0.05) is 43.0 Å². The number of hydrogen-bond acceptors (Lipinski definition) is 12. The van der Waals surface area contributed by atoms with Crippen molar-refractivity contribution in [3.05, 3.63) is 47.9 Å². The molecule has 1 spiro atoms. The summed E-state index contributed by atoms with van der Waals surface area (Å²) in [7, 11) is 0. The lowest BCUT2D eigenvalue weighted by molar-refractivity contribution is -0.228. The number of hydrogen-bond donors (Lipinski definition) is 2. The Morgan fingerprint density at radius 3 is 2.66 bits per heavy atom. The van der Waals surface area contributed by atoms with E-state index in [2.05, 4.69) is 31.7 Å². The second-order valence-electron chi connectivity index (χ2n) is 13.2. The van der Waals surface area contributed by atoms with Gasteiger partial charge in [-0.05, 0) is 25.1 Å². The average molecular weight is 692 g/mol. The van der Waals surface area contributed by atoms with Crippen molar-refractivity contribution in [1.29, 1.82) is 0 Å². The maximum absolute atomic E-state index is 14.1. The van der Waals surface area contributed by atoms with Crippen molar-refractivity contribution in [2.24, 2.45) is 0 Å². The summed E-state index contributed by atoms with van der Waals surface area (Å²) in [4.78, 5) is 29.0. The van der Waals surface area contributed by atoms with E-state index in [0.717, 1.165) is 0 Å². The predicted octanol–water partition coefficient (Wildman–Crippen LogP) is 3.71. The SMILES string of the molecule is C[C@@H]1N(c2cc(C#CC3(O)CCOCC3)cnc2O[C@H]2C[C@@H](C(=O)O)N(c3nc(C(F)F)nc4c3oc3ccccc34)C2)CCOC12COC2. The summed E-state index contributed by atoms with van der Waals surface area (Å²) in [6, 6.07) is 7.44. The molecule has 0 saturated carbocycles. The van der Waals surface area contributed by atoms with E-state index in [4.69, 9.17) is 23.4 Å². The zero-order valence-corrected chi connectivity index (χ0v) is 27.2. The van der Waals surface area contributed by atoms with Crippen molar-refractivity contribution in [2.75, 3.05) is 55.9 Å². The number of aromatic nitrogens is 3. The minimum absolute atomic E-state index is 0.00295. The number of alkyl halides is 2. The quantitative estimate of drug-likeness (QED) is 0.283.